The first-order valence-corrected chi connectivity index (χ1v) is 8.16. The van der Waals surface area contributed by atoms with Crippen LogP contribution in [0.2, 0.25) is 0 Å². The van der Waals surface area contributed by atoms with Crippen molar-refractivity contribution in [2.45, 2.75) is 65.6 Å². The first-order chi connectivity index (χ1) is 10.1. The van der Waals surface area contributed by atoms with Crippen LogP contribution < -0.4 is 0 Å². The molecule has 2 unspecified atom stereocenters. The SMILES string of the molecule is CCCCC(CC)CCC(=O)OC(O)COCCOCC. The molecule has 0 aromatic carbocycles. The number of carbonyl (C=O) groups excluding carboxylic acids is 1. The lowest BCUT2D eigenvalue weighted by Gasteiger charge is -2.15. The summed E-state index contributed by atoms with van der Waals surface area (Å²) in [6, 6.07) is 0. The Bertz CT molecular complexity index is 245. The van der Waals surface area contributed by atoms with E-state index < -0.39 is 6.29 Å². The predicted octanol–water partition coefficient (Wildman–Crippen LogP) is 2.90. The highest BCUT2D eigenvalue weighted by atomic mass is 16.7. The van der Waals surface area contributed by atoms with Crippen molar-refractivity contribution in [3.8, 4) is 0 Å². The van der Waals surface area contributed by atoms with E-state index in [2.05, 4.69) is 13.8 Å². The molecule has 0 aromatic heterocycles. The standard InChI is InChI=1S/C16H32O5/c1-4-7-8-14(5-2)9-10-15(17)21-16(18)13-20-12-11-19-6-3/h14,16,18H,4-13H2,1-3H3. The Balaban J connectivity index is 3.66. The minimum Gasteiger partial charge on any atom is -0.433 e. The number of carbonyl (C=O) groups is 1. The summed E-state index contributed by atoms with van der Waals surface area (Å²) in [6.45, 7) is 7.71. The third-order valence-corrected chi connectivity index (χ3v) is 3.40. The van der Waals surface area contributed by atoms with Crippen molar-refractivity contribution < 1.29 is 24.1 Å². The summed E-state index contributed by atoms with van der Waals surface area (Å²) in [5.74, 6) is 0.211. The summed E-state index contributed by atoms with van der Waals surface area (Å²) in [4.78, 5) is 11.6. The molecule has 0 heterocycles. The summed E-state index contributed by atoms with van der Waals surface area (Å²) in [5.41, 5.74) is 0. The van der Waals surface area contributed by atoms with Gasteiger partial charge in [0.05, 0.1) is 13.2 Å². The van der Waals surface area contributed by atoms with Gasteiger partial charge < -0.3 is 19.3 Å². The van der Waals surface area contributed by atoms with E-state index in [0.717, 1.165) is 19.3 Å². The van der Waals surface area contributed by atoms with Gasteiger partial charge in [0.25, 0.3) is 0 Å². The van der Waals surface area contributed by atoms with Gasteiger partial charge in [-0.3, -0.25) is 4.79 Å². The maximum absolute atomic E-state index is 11.6. The second kappa shape index (κ2) is 14.3. The molecular weight excluding hydrogens is 272 g/mol. The van der Waals surface area contributed by atoms with Crippen molar-refractivity contribution in [1.29, 1.82) is 0 Å². The maximum atomic E-state index is 11.6. The van der Waals surface area contributed by atoms with E-state index in [4.69, 9.17) is 14.2 Å². The largest absolute Gasteiger partial charge is 0.433 e. The van der Waals surface area contributed by atoms with Crippen LogP contribution >= 0.6 is 0 Å². The summed E-state index contributed by atoms with van der Waals surface area (Å²) < 4.78 is 15.1. The van der Waals surface area contributed by atoms with Gasteiger partial charge in [0, 0.05) is 13.0 Å². The van der Waals surface area contributed by atoms with Crippen LogP contribution in [0.1, 0.15) is 59.3 Å². The van der Waals surface area contributed by atoms with Crippen LogP contribution in [0.3, 0.4) is 0 Å². The molecule has 2 atom stereocenters. The van der Waals surface area contributed by atoms with Gasteiger partial charge in [-0.05, 0) is 19.3 Å². The number of hydrogen-bond acceptors (Lipinski definition) is 5. The zero-order chi connectivity index (χ0) is 15.9. The normalized spacial score (nSPS) is 13.9. The van der Waals surface area contributed by atoms with E-state index >= 15 is 0 Å². The van der Waals surface area contributed by atoms with Crippen LogP contribution in [-0.2, 0) is 19.0 Å². The molecule has 0 spiro atoms. The molecule has 5 heteroatoms. The van der Waals surface area contributed by atoms with Crippen LogP contribution in [0.5, 0.6) is 0 Å². The van der Waals surface area contributed by atoms with Crippen molar-refractivity contribution in [3.63, 3.8) is 0 Å². The fourth-order valence-electron chi connectivity index (χ4n) is 2.06. The van der Waals surface area contributed by atoms with E-state index in [9.17, 15) is 9.90 Å². The first-order valence-electron chi connectivity index (χ1n) is 8.16. The second-order valence-corrected chi connectivity index (χ2v) is 5.17. The predicted molar refractivity (Wildman–Crippen MR) is 82.0 cm³/mol. The maximum Gasteiger partial charge on any atom is 0.308 e. The quantitative estimate of drug-likeness (QED) is 0.304. The number of esters is 1. The van der Waals surface area contributed by atoms with Crippen molar-refractivity contribution in [1.82, 2.24) is 0 Å². The molecule has 21 heavy (non-hydrogen) atoms. The van der Waals surface area contributed by atoms with E-state index in [1.807, 2.05) is 6.92 Å². The molecule has 0 fully saturated rings. The van der Waals surface area contributed by atoms with Gasteiger partial charge in [-0.1, -0.05) is 39.5 Å². The fraction of sp³-hybridized carbons (Fsp3) is 0.938. The number of aliphatic hydroxyl groups is 1. The number of rotatable bonds is 14. The lowest BCUT2D eigenvalue weighted by molar-refractivity contribution is -0.178. The molecule has 0 bridgehead atoms. The highest BCUT2D eigenvalue weighted by molar-refractivity contribution is 5.69. The molecular formula is C16H32O5. The fourth-order valence-corrected chi connectivity index (χ4v) is 2.06. The van der Waals surface area contributed by atoms with Gasteiger partial charge in [-0.2, -0.15) is 0 Å². The molecule has 0 saturated heterocycles. The lowest BCUT2D eigenvalue weighted by atomic mass is 9.94. The number of unbranched alkanes of at least 4 members (excludes halogenated alkanes) is 1. The van der Waals surface area contributed by atoms with Gasteiger partial charge in [0.1, 0.15) is 6.61 Å². The highest BCUT2D eigenvalue weighted by Gasteiger charge is 2.14. The number of ether oxygens (including phenoxy) is 3. The number of aliphatic hydroxyl groups excluding tert-OH is 1. The van der Waals surface area contributed by atoms with Gasteiger partial charge in [0.15, 0.2) is 0 Å². The van der Waals surface area contributed by atoms with Crippen LogP contribution in [0.4, 0.5) is 0 Å². The Labute approximate surface area is 129 Å². The minimum atomic E-state index is -1.19. The van der Waals surface area contributed by atoms with Crippen molar-refractivity contribution in [2.75, 3.05) is 26.4 Å². The molecule has 0 amide bonds. The van der Waals surface area contributed by atoms with Crippen LogP contribution in [0.25, 0.3) is 0 Å². The third-order valence-electron chi connectivity index (χ3n) is 3.40. The van der Waals surface area contributed by atoms with Gasteiger partial charge in [-0.15, -0.1) is 0 Å². The Hall–Kier alpha value is -0.650. The van der Waals surface area contributed by atoms with Crippen LogP contribution in [0.15, 0.2) is 0 Å². The topological polar surface area (TPSA) is 65.0 Å². The summed E-state index contributed by atoms with van der Waals surface area (Å²) >= 11 is 0. The van der Waals surface area contributed by atoms with Crippen molar-refractivity contribution in [3.05, 3.63) is 0 Å². The molecule has 0 saturated carbocycles. The molecule has 0 radical (unpaired) electrons. The zero-order valence-corrected chi connectivity index (χ0v) is 13.8. The summed E-state index contributed by atoms with van der Waals surface area (Å²) in [5, 5.41) is 9.53. The summed E-state index contributed by atoms with van der Waals surface area (Å²) in [6.07, 6.45) is 4.61. The van der Waals surface area contributed by atoms with E-state index in [0.29, 0.717) is 32.2 Å². The molecule has 126 valence electrons. The smallest absolute Gasteiger partial charge is 0.308 e. The van der Waals surface area contributed by atoms with Crippen molar-refractivity contribution >= 4 is 5.97 Å². The van der Waals surface area contributed by atoms with E-state index in [1.165, 1.54) is 12.8 Å². The molecule has 0 aromatic rings. The third kappa shape index (κ3) is 12.8. The second-order valence-electron chi connectivity index (χ2n) is 5.17. The molecule has 0 rings (SSSR count). The highest BCUT2D eigenvalue weighted by Crippen LogP contribution is 2.18. The molecule has 0 aliphatic heterocycles. The Morgan fingerprint density at radius 1 is 1.10 bits per heavy atom. The molecule has 0 aliphatic carbocycles. The van der Waals surface area contributed by atoms with E-state index in [1.54, 1.807) is 0 Å². The van der Waals surface area contributed by atoms with Gasteiger partial charge >= 0.3 is 5.97 Å². The molecule has 1 N–H and O–H groups in total. The summed E-state index contributed by atoms with van der Waals surface area (Å²) in [7, 11) is 0. The zero-order valence-electron chi connectivity index (χ0n) is 13.8. The first kappa shape index (κ1) is 20.3. The van der Waals surface area contributed by atoms with Crippen LogP contribution in [-0.4, -0.2) is 43.8 Å². The molecule has 5 nitrogen and oxygen atoms in total. The van der Waals surface area contributed by atoms with E-state index in [-0.39, 0.29) is 12.6 Å². The number of hydrogen-bond donors (Lipinski definition) is 1. The van der Waals surface area contributed by atoms with Crippen molar-refractivity contribution in [2.24, 2.45) is 5.92 Å². The average molecular weight is 304 g/mol. The van der Waals surface area contributed by atoms with Crippen LogP contribution in [0, 0.1) is 5.92 Å². The average Bonchev–Trinajstić information content (AvgIpc) is 2.47. The Morgan fingerprint density at radius 3 is 2.43 bits per heavy atom. The monoisotopic (exact) mass is 304 g/mol. The van der Waals surface area contributed by atoms with Gasteiger partial charge in [-0.25, -0.2) is 0 Å². The molecule has 0 aliphatic rings. The Morgan fingerprint density at radius 2 is 1.81 bits per heavy atom. The minimum absolute atomic E-state index is 0.00808. The lowest BCUT2D eigenvalue weighted by Crippen LogP contribution is -2.24. The Kier molecular flexibility index (Phi) is 13.9. The van der Waals surface area contributed by atoms with Gasteiger partial charge in [0.2, 0.25) is 6.29 Å².